The zero-order valence-corrected chi connectivity index (χ0v) is 14.7. The van der Waals surface area contributed by atoms with Gasteiger partial charge in [0.05, 0.1) is 16.6 Å². The largest absolute Gasteiger partial charge is 0.369 e. The van der Waals surface area contributed by atoms with E-state index >= 15 is 0 Å². The minimum absolute atomic E-state index is 0.0402. The minimum Gasteiger partial charge on any atom is -0.369 e. The molecular weight excluding hydrogens is 345 g/mol. The number of halogens is 2. The number of nitrogens with one attached hydrogen (secondary N) is 1. The van der Waals surface area contributed by atoms with E-state index < -0.39 is 0 Å². The fourth-order valence-corrected chi connectivity index (χ4v) is 3.08. The summed E-state index contributed by atoms with van der Waals surface area (Å²) in [5.41, 5.74) is 1.90. The molecule has 0 aliphatic carbocycles. The smallest absolute Gasteiger partial charge is 0.238 e. The Morgan fingerprint density at radius 2 is 1.67 bits per heavy atom. The maximum atomic E-state index is 12.2. The lowest BCUT2D eigenvalue weighted by Gasteiger charge is -2.35. The molecule has 1 heterocycles. The maximum absolute atomic E-state index is 12.2. The molecule has 0 bridgehead atoms. The van der Waals surface area contributed by atoms with Crippen molar-refractivity contribution in [2.45, 2.75) is 0 Å². The van der Waals surface area contributed by atoms with Crippen molar-refractivity contribution in [2.24, 2.45) is 0 Å². The lowest BCUT2D eigenvalue weighted by Crippen LogP contribution is -2.48. The van der Waals surface area contributed by atoms with Gasteiger partial charge in [-0.25, -0.2) is 0 Å². The number of benzene rings is 2. The lowest BCUT2D eigenvalue weighted by atomic mass is 10.2. The van der Waals surface area contributed by atoms with Gasteiger partial charge in [-0.2, -0.15) is 0 Å². The quantitative estimate of drug-likeness (QED) is 0.898. The Morgan fingerprint density at radius 3 is 2.33 bits per heavy atom. The third-order valence-corrected chi connectivity index (χ3v) is 4.80. The lowest BCUT2D eigenvalue weighted by molar-refractivity contribution is -0.117. The first-order valence-corrected chi connectivity index (χ1v) is 8.65. The van der Waals surface area contributed by atoms with Crippen LogP contribution in [-0.4, -0.2) is 43.5 Å². The number of carbonyl (C=O) groups excluding carboxylic acids is 1. The summed E-state index contributed by atoms with van der Waals surface area (Å²) in [6.07, 6.45) is 0. The van der Waals surface area contributed by atoms with Gasteiger partial charge in [0.1, 0.15) is 0 Å². The summed E-state index contributed by atoms with van der Waals surface area (Å²) in [5.74, 6) is -0.0402. The van der Waals surface area contributed by atoms with Crippen molar-refractivity contribution in [3.8, 4) is 0 Å². The number of para-hydroxylation sites is 1. The molecule has 6 heteroatoms. The molecule has 1 saturated heterocycles. The van der Waals surface area contributed by atoms with Gasteiger partial charge in [0, 0.05) is 37.6 Å². The second-order valence-electron chi connectivity index (χ2n) is 5.78. The molecule has 4 nitrogen and oxygen atoms in total. The molecule has 0 unspecified atom stereocenters. The number of amides is 1. The molecule has 0 saturated carbocycles. The summed E-state index contributed by atoms with van der Waals surface area (Å²) in [6, 6.07) is 15.4. The molecule has 126 valence electrons. The first-order chi connectivity index (χ1) is 11.6. The van der Waals surface area contributed by atoms with E-state index in [4.69, 9.17) is 23.2 Å². The van der Waals surface area contributed by atoms with Crippen molar-refractivity contribution in [1.82, 2.24) is 4.90 Å². The van der Waals surface area contributed by atoms with Gasteiger partial charge < -0.3 is 10.2 Å². The Labute approximate surface area is 152 Å². The first-order valence-electron chi connectivity index (χ1n) is 7.89. The predicted molar refractivity (Wildman–Crippen MR) is 100 cm³/mol. The van der Waals surface area contributed by atoms with Gasteiger partial charge in [-0.3, -0.25) is 9.69 Å². The highest BCUT2D eigenvalue weighted by atomic mass is 35.5. The van der Waals surface area contributed by atoms with Crippen LogP contribution in [0, 0.1) is 0 Å². The molecule has 2 aromatic rings. The zero-order valence-electron chi connectivity index (χ0n) is 13.2. The molecule has 0 aromatic heterocycles. The van der Waals surface area contributed by atoms with E-state index in [9.17, 15) is 4.79 Å². The number of piperazine rings is 1. The van der Waals surface area contributed by atoms with Gasteiger partial charge in [-0.15, -0.1) is 0 Å². The molecule has 1 N–H and O–H groups in total. The van der Waals surface area contributed by atoms with Crippen molar-refractivity contribution >= 4 is 40.5 Å². The summed E-state index contributed by atoms with van der Waals surface area (Å²) in [6.45, 7) is 3.95. The number of anilines is 2. The summed E-state index contributed by atoms with van der Waals surface area (Å²) < 4.78 is 0. The maximum Gasteiger partial charge on any atom is 0.238 e. The zero-order chi connectivity index (χ0) is 16.9. The van der Waals surface area contributed by atoms with E-state index in [-0.39, 0.29) is 5.91 Å². The van der Waals surface area contributed by atoms with Gasteiger partial charge >= 0.3 is 0 Å². The number of hydrogen-bond acceptors (Lipinski definition) is 3. The number of carbonyl (C=O) groups is 1. The molecule has 1 fully saturated rings. The van der Waals surface area contributed by atoms with Crippen LogP contribution in [0.1, 0.15) is 0 Å². The highest BCUT2D eigenvalue weighted by Crippen LogP contribution is 2.25. The number of nitrogens with zero attached hydrogens (tertiary/aromatic N) is 2. The van der Waals surface area contributed by atoms with Crippen LogP contribution < -0.4 is 10.2 Å². The molecule has 0 atom stereocenters. The first kappa shape index (κ1) is 17.1. The van der Waals surface area contributed by atoms with Gasteiger partial charge in [0.25, 0.3) is 0 Å². The standard InChI is InChI=1S/C18H19Cl2N3O/c19-16-7-6-14(12-17(16)20)21-18(24)13-22-8-10-23(11-9-22)15-4-2-1-3-5-15/h1-7,12H,8-11,13H2,(H,21,24). The molecule has 24 heavy (non-hydrogen) atoms. The Hall–Kier alpha value is -1.75. The van der Waals surface area contributed by atoms with E-state index in [0.29, 0.717) is 22.3 Å². The summed E-state index contributed by atoms with van der Waals surface area (Å²) in [4.78, 5) is 16.7. The fraction of sp³-hybridized carbons (Fsp3) is 0.278. The molecule has 0 radical (unpaired) electrons. The molecule has 1 aliphatic rings. The second-order valence-corrected chi connectivity index (χ2v) is 6.59. The summed E-state index contributed by atoms with van der Waals surface area (Å²) >= 11 is 11.8. The highest BCUT2D eigenvalue weighted by Gasteiger charge is 2.19. The molecule has 2 aromatic carbocycles. The molecule has 1 aliphatic heterocycles. The second kappa shape index (κ2) is 7.88. The Kier molecular flexibility index (Phi) is 5.61. The SMILES string of the molecule is O=C(CN1CCN(c2ccccc2)CC1)Nc1ccc(Cl)c(Cl)c1. The molecule has 3 rings (SSSR count). The third-order valence-electron chi connectivity index (χ3n) is 4.06. The van der Waals surface area contributed by atoms with Gasteiger partial charge in [0.15, 0.2) is 0 Å². The van der Waals surface area contributed by atoms with E-state index in [1.54, 1.807) is 18.2 Å². The topological polar surface area (TPSA) is 35.6 Å². The van der Waals surface area contributed by atoms with Crippen molar-refractivity contribution in [2.75, 3.05) is 42.9 Å². The van der Waals surface area contributed by atoms with Gasteiger partial charge in [-0.05, 0) is 30.3 Å². The highest BCUT2D eigenvalue weighted by molar-refractivity contribution is 6.42. The van der Waals surface area contributed by atoms with Crippen molar-refractivity contribution in [3.05, 3.63) is 58.6 Å². The van der Waals surface area contributed by atoms with Crippen LogP contribution in [0.5, 0.6) is 0 Å². The summed E-state index contributed by atoms with van der Waals surface area (Å²) in [7, 11) is 0. The van der Waals surface area contributed by atoms with E-state index in [1.165, 1.54) is 5.69 Å². The van der Waals surface area contributed by atoms with Crippen molar-refractivity contribution < 1.29 is 4.79 Å². The van der Waals surface area contributed by atoms with Crippen molar-refractivity contribution in [3.63, 3.8) is 0 Å². The normalized spacial score (nSPS) is 15.3. The van der Waals surface area contributed by atoms with E-state index in [1.807, 2.05) is 18.2 Å². The Bertz CT molecular complexity index is 701. The van der Waals surface area contributed by atoms with Gasteiger partial charge in [-0.1, -0.05) is 41.4 Å². The monoisotopic (exact) mass is 363 g/mol. The molecule has 0 spiro atoms. The Balaban J connectivity index is 1.49. The van der Waals surface area contributed by atoms with Gasteiger partial charge in [0.2, 0.25) is 5.91 Å². The Morgan fingerprint density at radius 1 is 0.958 bits per heavy atom. The van der Waals surface area contributed by atoms with E-state index in [2.05, 4.69) is 27.2 Å². The van der Waals surface area contributed by atoms with Crippen molar-refractivity contribution in [1.29, 1.82) is 0 Å². The fourth-order valence-electron chi connectivity index (χ4n) is 2.78. The van der Waals surface area contributed by atoms with Crippen LogP contribution in [0.2, 0.25) is 10.0 Å². The third kappa shape index (κ3) is 4.41. The summed E-state index contributed by atoms with van der Waals surface area (Å²) in [5, 5.41) is 3.78. The van der Waals surface area contributed by atoms with Crippen LogP contribution in [0.4, 0.5) is 11.4 Å². The van der Waals surface area contributed by atoms with E-state index in [0.717, 1.165) is 26.2 Å². The van der Waals surface area contributed by atoms with Crippen LogP contribution in [-0.2, 0) is 4.79 Å². The number of hydrogen-bond donors (Lipinski definition) is 1. The average molecular weight is 364 g/mol. The van der Waals surface area contributed by atoms with Crippen LogP contribution in [0.3, 0.4) is 0 Å². The minimum atomic E-state index is -0.0402. The molecular formula is C18H19Cl2N3O. The molecule has 1 amide bonds. The number of rotatable bonds is 4. The van der Waals surface area contributed by atoms with Crippen LogP contribution in [0.25, 0.3) is 0 Å². The van der Waals surface area contributed by atoms with Crippen LogP contribution >= 0.6 is 23.2 Å². The average Bonchev–Trinajstić information content (AvgIpc) is 2.59. The van der Waals surface area contributed by atoms with Crippen LogP contribution in [0.15, 0.2) is 48.5 Å². The predicted octanol–water partition coefficient (Wildman–Crippen LogP) is 3.75.